The number of rotatable bonds is 8. The molecular weight excluding hydrogens is 310 g/mol. The molecule has 21 heavy (non-hydrogen) atoms. The van der Waals surface area contributed by atoms with Gasteiger partial charge in [0.25, 0.3) is 0 Å². The van der Waals surface area contributed by atoms with Gasteiger partial charge in [-0.3, -0.25) is 0 Å². The second-order valence-electron chi connectivity index (χ2n) is 5.84. The Hall–Kier alpha value is -0.620. The first-order valence-electron chi connectivity index (χ1n) is 7.05. The highest BCUT2D eigenvalue weighted by Crippen LogP contribution is 2.48. The van der Waals surface area contributed by atoms with E-state index in [-0.39, 0.29) is 0 Å². The van der Waals surface area contributed by atoms with Crippen LogP contribution in [0.4, 0.5) is 0 Å². The van der Waals surface area contributed by atoms with E-state index < -0.39 is 9.84 Å². The van der Waals surface area contributed by atoms with Crippen molar-refractivity contribution in [1.82, 2.24) is 5.32 Å². The first kappa shape index (κ1) is 16.7. The molecule has 6 heteroatoms. The molecule has 1 aromatic rings. The standard InChI is InChI=1S/C15H22ClNO3S/c1-20-9-8-15(6-7-15)11-17-10-12-13(16)4-3-5-14(12)21(2,18)19/h3-5,17H,6-11H2,1-2H3. The second-order valence-corrected chi connectivity index (χ2v) is 8.23. The lowest BCUT2D eigenvalue weighted by molar-refractivity contribution is 0.171. The third-order valence-electron chi connectivity index (χ3n) is 4.07. The minimum absolute atomic E-state index is 0.309. The van der Waals surface area contributed by atoms with Gasteiger partial charge in [-0.2, -0.15) is 0 Å². The van der Waals surface area contributed by atoms with Crippen LogP contribution in [0.3, 0.4) is 0 Å². The van der Waals surface area contributed by atoms with Gasteiger partial charge in [-0.25, -0.2) is 8.42 Å². The zero-order valence-electron chi connectivity index (χ0n) is 12.5. The van der Waals surface area contributed by atoms with Gasteiger partial charge in [-0.15, -0.1) is 0 Å². The number of methoxy groups -OCH3 is 1. The van der Waals surface area contributed by atoms with Crippen LogP contribution in [-0.4, -0.2) is 34.9 Å². The van der Waals surface area contributed by atoms with Crippen LogP contribution in [0.5, 0.6) is 0 Å². The molecule has 1 aromatic carbocycles. The van der Waals surface area contributed by atoms with Crippen molar-refractivity contribution < 1.29 is 13.2 Å². The van der Waals surface area contributed by atoms with Crippen LogP contribution in [0.25, 0.3) is 0 Å². The van der Waals surface area contributed by atoms with E-state index in [0.717, 1.165) is 19.6 Å². The molecule has 0 heterocycles. The van der Waals surface area contributed by atoms with E-state index in [1.807, 2.05) is 0 Å². The van der Waals surface area contributed by atoms with Gasteiger partial charge < -0.3 is 10.1 Å². The molecule has 0 aromatic heterocycles. The van der Waals surface area contributed by atoms with E-state index in [1.165, 1.54) is 19.1 Å². The molecule has 4 nitrogen and oxygen atoms in total. The summed E-state index contributed by atoms with van der Waals surface area (Å²) in [5.74, 6) is 0. The van der Waals surface area contributed by atoms with Gasteiger partial charge in [0.15, 0.2) is 9.84 Å². The Labute approximate surface area is 131 Å². The maximum Gasteiger partial charge on any atom is 0.175 e. The number of ether oxygens (including phenoxy) is 1. The molecule has 0 spiro atoms. The fraction of sp³-hybridized carbons (Fsp3) is 0.600. The summed E-state index contributed by atoms with van der Waals surface area (Å²) < 4.78 is 28.8. The largest absolute Gasteiger partial charge is 0.385 e. The van der Waals surface area contributed by atoms with E-state index >= 15 is 0 Å². The van der Waals surface area contributed by atoms with Gasteiger partial charge in [0.1, 0.15) is 0 Å². The zero-order valence-corrected chi connectivity index (χ0v) is 14.1. The lowest BCUT2D eigenvalue weighted by Crippen LogP contribution is -2.25. The fourth-order valence-electron chi connectivity index (χ4n) is 2.52. The Morgan fingerprint density at radius 2 is 2.10 bits per heavy atom. The highest BCUT2D eigenvalue weighted by molar-refractivity contribution is 7.90. The first-order valence-corrected chi connectivity index (χ1v) is 9.32. The van der Waals surface area contributed by atoms with Gasteiger partial charge in [0.05, 0.1) is 4.90 Å². The molecule has 1 aliphatic rings. The molecule has 1 saturated carbocycles. The Bertz CT molecular complexity index is 597. The predicted molar refractivity (Wildman–Crippen MR) is 84.4 cm³/mol. The van der Waals surface area contributed by atoms with E-state index in [2.05, 4.69) is 5.32 Å². The van der Waals surface area contributed by atoms with Crippen molar-refractivity contribution in [2.75, 3.05) is 26.5 Å². The van der Waals surface area contributed by atoms with E-state index in [1.54, 1.807) is 25.3 Å². The molecular formula is C15H22ClNO3S. The second kappa shape index (κ2) is 6.65. The lowest BCUT2D eigenvalue weighted by Gasteiger charge is -2.17. The minimum Gasteiger partial charge on any atom is -0.385 e. The van der Waals surface area contributed by atoms with Crippen LogP contribution in [0.2, 0.25) is 5.02 Å². The average molecular weight is 332 g/mol. The number of halogens is 1. The van der Waals surface area contributed by atoms with Crippen molar-refractivity contribution >= 4 is 21.4 Å². The van der Waals surface area contributed by atoms with E-state index in [4.69, 9.17) is 16.3 Å². The van der Waals surface area contributed by atoms with Crippen molar-refractivity contribution in [1.29, 1.82) is 0 Å². The number of hydrogen-bond donors (Lipinski definition) is 1. The number of benzene rings is 1. The first-order chi connectivity index (χ1) is 9.88. The predicted octanol–water partition coefficient (Wildman–Crippen LogP) is 2.65. The normalized spacial score (nSPS) is 16.9. The number of nitrogens with one attached hydrogen (secondary N) is 1. The van der Waals surface area contributed by atoms with Crippen LogP contribution in [0.15, 0.2) is 23.1 Å². The third kappa shape index (κ3) is 4.42. The Morgan fingerprint density at radius 1 is 1.38 bits per heavy atom. The summed E-state index contributed by atoms with van der Waals surface area (Å²) in [5, 5.41) is 3.85. The maximum absolute atomic E-state index is 11.8. The van der Waals surface area contributed by atoms with Gasteiger partial charge in [-0.1, -0.05) is 17.7 Å². The summed E-state index contributed by atoms with van der Waals surface area (Å²) in [6, 6.07) is 5.00. The van der Waals surface area contributed by atoms with Gasteiger partial charge in [-0.05, 0) is 36.8 Å². The molecule has 0 unspecified atom stereocenters. The quantitative estimate of drug-likeness (QED) is 0.795. The van der Waals surface area contributed by atoms with Crippen LogP contribution < -0.4 is 5.32 Å². The number of sulfone groups is 1. The highest BCUT2D eigenvalue weighted by Gasteiger charge is 2.41. The summed E-state index contributed by atoms with van der Waals surface area (Å²) in [7, 11) is -1.55. The minimum atomic E-state index is -3.26. The zero-order chi connectivity index (χ0) is 15.5. The summed E-state index contributed by atoms with van der Waals surface area (Å²) in [4.78, 5) is 0.309. The molecule has 2 rings (SSSR count). The van der Waals surface area contributed by atoms with E-state index in [0.29, 0.717) is 27.4 Å². The Kier molecular flexibility index (Phi) is 5.30. The highest BCUT2D eigenvalue weighted by atomic mass is 35.5. The van der Waals surface area contributed by atoms with Crippen molar-refractivity contribution in [3.63, 3.8) is 0 Å². The Balaban J connectivity index is 2.01. The number of hydrogen-bond acceptors (Lipinski definition) is 4. The Morgan fingerprint density at radius 3 is 2.67 bits per heavy atom. The van der Waals surface area contributed by atoms with Gasteiger partial charge in [0.2, 0.25) is 0 Å². The molecule has 1 fully saturated rings. The van der Waals surface area contributed by atoms with Crippen LogP contribution in [-0.2, 0) is 21.1 Å². The summed E-state index contributed by atoms with van der Waals surface area (Å²) in [6.45, 7) is 2.10. The van der Waals surface area contributed by atoms with E-state index in [9.17, 15) is 8.42 Å². The topological polar surface area (TPSA) is 55.4 Å². The molecule has 1 aliphatic carbocycles. The van der Waals surface area contributed by atoms with Crippen LogP contribution in [0, 0.1) is 5.41 Å². The molecule has 1 N–H and O–H groups in total. The van der Waals surface area contributed by atoms with Crippen molar-refractivity contribution in [2.45, 2.75) is 30.7 Å². The summed E-state index contributed by atoms with van der Waals surface area (Å²) >= 11 is 6.16. The summed E-state index contributed by atoms with van der Waals surface area (Å²) in [6.07, 6.45) is 4.65. The molecule has 0 bridgehead atoms. The molecule has 118 valence electrons. The van der Waals surface area contributed by atoms with Crippen molar-refractivity contribution in [3.8, 4) is 0 Å². The molecule has 0 radical (unpaired) electrons. The molecule has 0 saturated heterocycles. The van der Waals surface area contributed by atoms with Crippen LogP contribution in [0.1, 0.15) is 24.8 Å². The van der Waals surface area contributed by atoms with Crippen molar-refractivity contribution in [2.24, 2.45) is 5.41 Å². The van der Waals surface area contributed by atoms with Gasteiger partial charge >= 0.3 is 0 Å². The average Bonchev–Trinajstić information content (AvgIpc) is 3.17. The van der Waals surface area contributed by atoms with Crippen molar-refractivity contribution in [3.05, 3.63) is 28.8 Å². The summed E-state index contributed by atoms with van der Waals surface area (Å²) in [5.41, 5.74) is 0.979. The SMILES string of the molecule is COCCC1(CNCc2c(Cl)cccc2S(C)(=O)=O)CC1. The molecule has 0 aliphatic heterocycles. The third-order valence-corrected chi connectivity index (χ3v) is 5.61. The smallest absolute Gasteiger partial charge is 0.175 e. The molecule has 0 atom stereocenters. The maximum atomic E-state index is 11.8. The molecule has 0 amide bonds. The fourth-order valence-corrected chi connectivity index (χ4v) is 3.77. The van der Waals surface area contributed by atoms with Gasteiger partial charge in [0, 0.05) is 43.6 Å². The van der Waals surface area contributed by atoms with Crippen LogP contribution >= 0.6 is 11.6 Å². The lowest BCUT2D eigenvalue weighted by atomic mass is 10.0. The monoisotopic (exact) mass is 331 g/mol.